The molecule has 0 aromatic carbocycles. The number of alkyl carbamates (subject to hydrolysis) is 1. The molecule has 0 aliphatic carbocycles. The van der Waals surface area contributed by atoms with Gasteiger partial charge < -0.3 is 20.3 Å². The Morgan fingerprint density at radius 1 is 1.12 bits per heavy atom. The van der Waals surface area contributed by atoms with E-state index in [-0.39, 0.29) is 25.2 Å². The third kappa shape index (κ3) is 9.39. The Morgan fingerprint density at radius 2 is 1.73 bits per heavy atom. The number of ketones is 1. The van der Waals surface area contributed by atoms with Crippen LogP contribution in [0.4, 0.5) is 18.0 Å². The second kappa shape index (κ2) is 11.5. The number of likely N-dealkylation sites (tertiary alicyclic amines) is 1. The monoisotopic (exact) mass is 479 g/mol. The average molecular weight is 479 g/mol. The van der Waals surface area contributed by atoms with Crippen LogP contribution in [0.2, 0.25) is 0 Å². The van der Waals surface area contributed by atoms with Gasteiger partial charge in [-0.25, -0.2) is 4.79 Å². The van der Waals surface area contributed by atoms with E-state index in [2.05, 4.69) is 10.6 Å². The number of rotatable bonds is 9. The maximum Gasteiger partial charge on any atom is 0.408 e. The molecule has 0 saturated carbocycles. The van der Waals surface area contributed by atoms with Gasteiger partial charge in [0.25, 0.3) is 0 Å². The van der Waals surface area contributed by atoms with Crippen molar-refractivity contribution < 1.29 is 41.9 Å². The van der Waals surface area contributed by atoms with Crippen molar-refractivity contribution in [3.05, 3.63) is 0 Å². The van der Waals surface area contributed by atoms with Gasteiger partial charge in [-0.1, -0.05) is 13.8 Å². The molecular weight excluding hydrogens is 447 g/mol. The first-order valence-electron chi connectivity index (χ1n) is 10.7. The molecule has 1 aliphatic heterocycles. The fourth-order valence-electron chi connectivity index (χ4n) is 3.37. The number of hydrogen-bond acceptors (Lipinski definition) is 6. The summed E-state index contributed by atoms with van der Waals surface area (Å²) >= 11 is 0. The fourth-order valence-corrected chi connectivity index (χ4v) is 3.37. The number of nitrogens with zero attached hydrogens (tertiary/aromatic N) is 1. The van der Waals surface area contributed by atoms with E-state index in [1.807, 2.05) is 0 Å². The molecular formula is C21H32F3N3O6. The summed E-state index contributed by atoms with van der Waals surface area (Å²) in [6.45, 7) is 8.56. The summed E-state index contributed by atoms with van der Waals surface area (Å²) < 4.78 is 42.8. The Kier molecular flexibility index (Phi) is 9.86. The zero-order chi connectivity index (χ0) is 25.6. The molecule has 33 heavy (non-hydrogen) atoms. The van der Waals surface area contributed by atoms with Crippen molar-refractivity contribution >= 4 is 30.0 Å². The van der Waals surface area contributed by atoms with Crippen LogP contribution in [0.1, 0.15) is 60.3 Å². The Morgan fingerprint density at radius 3 is 2.21 bits per heavy atom. The smallest absolute Gasteiger partial charge is 0.408 e. The highest BCUT2D eigenvalue weighted by atomic mass is 19.4. The van der Waals surface area contributed by atoms with Crippen molar-refractivity contribution in [3.63, 3.8) is 0 Å². The predicted molar refractivity (Wildman–Crippen MR) is 111 cm³/mol. The maximum atomic E-state index is 13.1. The Balaban J connectivity index is 2.95. The number of nitrogens with one attached hydrogen (secondary N) is 2. The minimum Gasteiger partial charge on any atom is -0.444 e. The quantitative estimate of drug-likeness (QED) is 0.386. The summed E-state index contributed by atoms with van der Waals surface area (Å²) in [6, 6.07) is -3.70. The lowest BCUT2D eigenvalue weighted by Crippen LogP contribution is -2.57. The van der Waals surface area contributed by atoms with Gasteiger partial charge in [-0.15, -0.1) is 0 Å². The molecule has 1 saturated heterocycles. The van der Waals surface area contributed by atoms with Gasteiger partial charge >= 0.3 is 12.3 Å². The van der Waals surface area contributed by atoms with E-state index in [1.165, 1.54) is 4.90 Å². The summed E-state index contributed by atoms with van der Waals surface area (Å²) in [6.07, 6.45) is -7.01. The molecule has 0 aromatic heterocycles. The van der Waals surface area contributed by atoms with Crippen LogP contribution < -0.4 is 10.6 Å². The predicted octanol–water partition coefficient (Wildman–Crippen LogP) is 2.12. The minimum absolute atomic E-state index is 0.140. The van der Waals surface area contributed by atoms with Crippen molar-refractivity contribution in [2.45, 2.75) is 90.2 Å². The van der Waals surface area contributed by atoms with E-state index in [1.54, 1.807) is 34.6 Å². The van der Waals surface area contributed by atoms with Gasteiger partial charge in [0.15, 0.2) is 6.29 Å². The van der Waals surface area contributed by atoms with Crippen LogP contribution in [0.5, 0.6) is 0 Å². The highest BCUT2D eigenvalue weighted by Gasteiger charge is 2.40. The fraction of sp³-hybridized carbons (Fsp3) is 0.762. The number of aldehydes is 1. The lowest BCUT2D eigenvalue weighted by atomic mass is 10.0. The highest BCUT2D eigenvalue weighted by Crippen LogP contribution is 2.24. The molecule has 1 aliphatic rings. The summed E-state index contributed by atoms with van der Waals surface area (Å²) in [5.74, 6) is -2.93. The van der Waals surface area contributed by atoms with Crippen LogP contribution in [-0.2, 0) is 23.9 Å². The SMILES string of the molecule is CC(C)C(NC(=O)OC(C)(C)C)C(=O)N1CCCC1C(=O)NC(CCC(F)(F)F)C(=O)C=O. The lowest BCUT2D eigenvalue weighted by molar-refractivity contribution is -0.144. The first-order valence-corrected chi connectivity index (χ1v) is 10.7. The molecule has 0 spiro atoms. The van der Waals surface area contributed by atoms with Crippen LogP contribution in [0.25, 0.3) is 0 Å². The number of ether oxygens (including phenoxy) is 1. The van der Waals surface area contributed by atoms with Crippen molar-refractivity contribution in [2.24, 2.45) is 5.92 Å². The van der Waals surface area contributed by atoms with Gasteiger partial charge in [-0.2, -0.15) is 13.2 Å². The molecule has 12 heteroatoms. The average Bonchev–Trinajstić information content (AvgIpc) is 3.15. The largest absolute Gasteiger partial charge is 0.444 e. The molecule has 188 valence electrons. The topological polar surface area (TPSA) is 122 Å². The van der Waals surface area contributed by atoms with Crippen molar-refractivity contribution in [2.75, 3.05) is 6.54 Å². The highest BCUT2D eigenvalue weighted by molar-refractivity contribution is 6.28. The van der Waals surface area contributed by atoms with Gasteiger partial charge in [0.2, 0.25) is 17.6 Å². The molecule has 0 radical (unpaired) electrons. The molecule has 3 amide bonds. The van der Waals surface area contributed by atoms with E-state index in [0.29, 0.717) is 6.42 Å². The number of hydrogen-bond donors (Lipinski definition) is 2. The van der Waals surface area contributed by atoms with Crippen LogP contribution in [-0.4, -0.2) is 71.3 Å². The molecule has 1 heterocycles. The Bertz CT molecular complexity index is 749. The van der Waals surface area contributed by atoms with Crippen molar-refractivity contribution in [1.29, 1.82) is 0 Å². The molecule has 0 bridgehead atoms. The van der Waals surface area contributed by atoms with Gasteiger partial charge in [0.1, 0.15) is 17.7 Å². The van der Waals surface area contributed by atoms with E-state index in [0.717, 1.165) is 0 Å². The van der Waals surface area contributed by atoms with Gasteiger partial charge in [-0.05, 0) is 46.0 Å². The van der Waals surface area contributed by atoms with Gasteiger partial charge in [0, 0.05) is 13.0 Å². The van der Waals surface area contributed by atoms with E-state index >= 15 is 0 Å². The van der Waals surface area contributed by atoms with E-state index < -0.39 is 66.4 Å². The lowest BCUT2D eigenvalue weighted by Gasteiger charge is -2.31. The minimum atomic E-state index is -4.57. The Hall–Kier alpha value is -2.66. The first kappa shape index (κ1) is 28.4. The Labute approximate surface area is 190 Å². The number of carbonyl (C=O) groups excluding carboxylic acids is 5. The molecule has 2 N–H and O–H groups in total. The molecule has 1 rings (SSSR count). The number of Topliss-reactive ketones (excluding diaryl/α,β-unsaturated/α-hetero) is 1. The van der Waals surface area contributed by atoms with E-state index in [4.69, 9.17) is 4.74 Å². The normalized spacial score (nSPS) is 18.5. The van der Waals surface area contributed by atoms with Crippen LogP contribution in [0.15, 0.2) is 0 Å². The van der Waals surface area contributed by atoms with Gasteiger partial charge in [-0.3, -0.25) is 19.2 Å². The summed E-state index contributed by atoms with van der Waals surface area (Å²) in [5.41, 5.74) is -0.790. The molecule has 1 fully saturated rings. The second-order valence-corrected chi connectivity index (χ2v) is 9.29. The zero-order valence-electron chi connectivity index (χ0n) is 19.5. The number of carbonyl (C=O) groups is 5. The summed E-state index contributed by atoms with van der Waals surface area (Å²) in [5, 5.41) is 4.69. The van der Waals surface area contributed by atoms with Crippen LogP contribution in [0.3, 0.4) is 0 Å². The van der Waals surface area contributed by atoms with Crippen LogP contribution in [0, 0.1) is 5.92 Å². The summed E-state index contributed by atoms with van der Waals surface area (Å²) in [4.78, 5) is 61.8. The van der Waals surface area contributed by atoms with Crippen LogP contribution >= 0.6 is 0 Å². The third-order valence-electron chi connectivity index (χ3n) is 4.94. The maximum absolute atomic E-state index is 13.1. The standard InChI is InChI=1S/C21H32F3N3O6/c1-12(2)16(26-19(32)33-20(3,4)5)18(31)27-10-6-7-14(27)17(30)25-13(15(29)11-28)8-9-21(22,23)24/h11-14,16H,6-10H2,1-5H3,(H,25,30)(H,26,32). The zero-order valence-corrected chi connectivity index (χ0v) is 19.5. The molecule has 3 unspecified atom stereocenters. The van der Waals surface area contributed by atoms with Crippen molar-refractivity contribution in [3.8, 4) is 0 Å². The molecule has 0 aromatic rings. The second-order valence-electron chi connectivity index (χ2n) is 9.29. The molecule has 9 nitrogen and oxygen atoms in total. The molecule has 3 atom stereocenters. The number of amides is 3. The van der Waals surface area contributed by atoms with Gasteiger partial charge in [0.05, 0.1) is 6.04 Å². The number of alkyl halides is 3. The van der Waals surface area contributed by atoms with E-state index in [9.17, 15) is 37.1 Å². The first-order chi connectivity index (χ1) is 15.1. The summed E-state index contributed by atoms with van der Waals surface area (Å²) in [7, 11) is 0. The third-order valence-corrected chi connectivity index (χ3v) is 4.94. The van der Waals surface area contributed by atoms with Crippen molar-refractivity contribution in [1.82, 2.24) is 15.5 Å². The number of halogens is 3.